The van der Waals surface area contributed by atoms with Crippen LogP contribution >= 0.6 is 0 Å². The lowest BCUT2D eigenvalue weighted by molar-refractivity contribution is -0.137. The first-order valence-electron chi connectivity index (χ1n) is 6.02. The Kier molecular flexibility index (Phi) is 3.79. The fraction of sp³-hybridized carbons (Fsp3) is 0.308. The molecule has 3 amide bonds. The van der Waals surface area contributed by atoms with Gasteiger partial charge >= 0.3 is 0 Å². The zero-order valence-electron chi connectivity index (χ0n) is 10.3. The Morgan fingerprint density at radius 1 is 1.11 bits per heavy atom. The number of piperazine rings is 1. The Balaban J connectivity index is 2.04. The summed E-state index contributed by atoms with van der Waals surface area (Å²) in [6, 6.07) is 7.60. The van der Waals surface area contributed by atoms with Crippen LogP contribution in [0.15, 0.2) is 30.3 Å². The highest BCUT2D eigenvalue weighted by atomic mass is 16.2. The van der Waals surface area contributed by atoms with Crippen molar-refractivity contribution in [1.82, 2.24) is 10.6 Å². The standard InChI is InChI=1S/C13H15N3O3/c14-10(17)7-6-9-12(18)16-11(13(19)15-9)8-4-2-1-3-5-8/h1-5,9,11H,6-7H2,(H2,14,17)(H,15,19)(H,16,18)/t9-,11-/m0/s1. The largest absolute Gasteiger partial charge is 0.370 e. The second-order valence-corrected chi connectivity index (χ2v) is 4.42. The fourth-order valence-electron chi connectivity index (χ4n) is 2.00. The second-order valence-electron chi connectivity index (χ2n) is 4.42. The average Bonchev–Trinajstić information content (AvgIpc) is 2.40. The SMILES string of the molecule is NC(=O)CC[C@@H]1NC(=O)[C@H](c2ccccc2)NC1=O. The lowest BCUT2D eigenvalue weighted by atomic mass is 10.0. The number of nitrogens with one attached hydrogen (secondary N) is 2. The highest BCUT2D eigenvalue weighted by Crippen LogP contribution is 2.17. The number of carbonyl (C=O) groups excluding carboxylic acids is 3. The molecule has 1 aromatic carbocycles. The Bertz CT molecular complexity index is 501. The van der Waals surface area contributed by atoms with Gasteiger partial charge in [0.2, 0.25) is 17.7 Å². The van der Waals surface area contributed by atoms with Crippen molar-refractivity contribution in [2.75, 3.05) is 0 Å². The molecule has 1 heterocycles. The maximum Gasteiger partial charge on any atom is 0.247 e. The third-order valence-electron chi connectivity index (χ3n) is 2.99. The van der Waals surface area contributed by atoms with Crippen molar-refractivity contribution in [2.45, 2.75) is 24.9 Å². The van der Waals surface area contributed by atoms with E-state index in [1.807, 2.05) is 6.07 Å². The molecule has 0 unspecified atom stereocenters. The van der Waals surface area contributed by atoms with Crippen LogP contribution in [0.1, 0.15) is 24.4 Å². The minimum absolute atomic E-state index is 0.0639. The van der Waals surface area contributed by atoms with Gasteiger partial charge in [-0.2, -0.15) is 0 Å². The average molecular weight is 261 g/mol. The fourth-order valence-corrected chi connectivity index (χ4v) is 2.00. The van der Waals surface area contributed by atoms with Crippen molar-refractivity contribution >= 4 is 17.7 Å². The van der Waals surface area contributed by atoms with E-state index in [-0.39, 0.29) is 24.7 Å². The van der Waals surface area contributed by atoms with Crippen LogP contribution < -0.4 is 16.4 Å². The third-order valence-corrected chi connectivity index (χ3v) is 2.99. The van der Waals surface area contributed by atoms with Crippen molar-refractivity contribution in [2.24, 2.45) is 5.73 Å². The van der Waals surface area contributed by atoms with Crippen LogP contribution in [-0.2, 0) is 14.4 Å². The second kappa shape index (κ2) is 5.51. The zero-order valence-corrected chi connectivity index (χ0v) is 10.3. The minimum atomic E-state index is -0.694. The molecule has 4 N–H and O–H groups in total. The first-order valence-corrected chi connectivity index (χ1v) is 6.02. The molecule has 1 aliphatic rings. The van der Waals surface area contributed by atoms with Gasteiger partial charge < -0.3 is 16.4 Å². The first-order chi connectivity index (χ1) is 9.08. The van der Waals surface area contributed by atoms with Gasteiger partial charge in [-0.15, -0.1) is 0 Å². The van der Waals surface area contributed by atoms with Crippen LogP contribution in [0.2, 0.25) is 0 Å². The highest BCUT2D eigenvalue weighted by Gasteiger charge is 2.34. The summed E-state index contributed by atoms with van der Waals surface area (Å²) in [5.41, 5.74) is 5.75. The quantitative estimate of drug-likeness (QED) is 0.687. The molecular formula is C13H15N3O3. The zero-order chi connectivity index (χ0) is 13.8. The molecule has 1 fully saturated rings. The van der Waals surface area contributed by atoms with Crippen LogP contribution in [0.5, 0.6) is 0 Å². The Morgan fingerprint density at radius 2 is 1.79 bits per heavy atom. The summed E-state index contributed by atoms with van der Waals surface area (Å²) in [4.78, 5) is 34.5. The number of rotatable bonds is 4. The van der Waals surface area contributed by atoms with E-state index in [9.17, 15) is 14.4 Å². The van der Waals surface area contributed by atoms with E-state index in [2.05, 4.69) is 10.6 Å². The van der Waals surface area contributed by atoms with Gasteiger partial charge in [0.25, 0.3) is 0 Å². The Morgan fingerprint density at radius 3 is 2.42 bits per heavy atom. The summed E-state index contributed by atoms with van der Waals surface area (Å²) in [6.07, 6.45) is 0.281. The molecular weight excluding hydrogens is 246 g/mol. The van der Waals surface area contributed by atoms with Gasteiger partial charge in [0, 0.05) is 6.42 Å². The lowest BCUT2D eigenvalue weighted by Crippen LogP contribution is -2.57. The van der Waals surface area contributed by atoms with Crippen LogP contribution in [-0.4, -0.2) is 23.8 Å². The maximum atomic E-state index is 12.0. The van der Waals surface area contributed by atoms with Crippen molar-refractivity contribution in [3.8, 4) is 0 Å². The number of amides is 3. The van der Waals surface area contributed by atoms with E-state index in [1.54, 1.807) is 24.3 Å². The molecule has 2 atom stereocenters. The number of benzene rings is 1. The molecule has 0 radical (unpaired) electrons. The van der Waals surface area contributed by atoms with E-state index >= 15 is 0 Å². The summed E-state index contributed by atoms with van der Waals surface area (Å²) in [6.45, 7) is 0. The molecule has 1 aromatic rings. The predicted octanol–water partition coefficient (Wildman–Crippen LogP) is -0.392. The van der Waals surface area contributed by atoms with Gasteiger partial charge in [-0.05, 0) is 12.0 Å². The topological polar surface area (TPSA) is 101 Å². The lowest BCUT2D eigenvalue weighted by Gasteiger charge is -2.29. The van der Waals surface area contributed by atoms with Crippen molar-refractivity contribution in [3.63, 3.8) is 0 Å². The molecule has 0 bridgehead atoms. The van der Waals surface area contributed by atoms with Crippen molar-refractivity contribution in [1.29, 1.82) is 0 Å². The van der Waals surface area contributed by atoms with Crippen LogP contribution in [0.3, 0.4) is 0 Å². The maximum absolute atomic E-state index is 12.0. The summed E-state index contributed by atoms with van der Waals surface area (Å²) in [5, 5.41) is 5.26. The molecule has 6 heteroatoms. The summed E-state index contributed by atoms with van der Waals surface area (Å²) in [5.74, 6) is -1.07. The van der Waals surface area contributed by atoms with Crippen LogP contribution in [0.4, 0.5) is 0 Å². The number of hydrogen-bond donors (Lipinski definition) is 3. The molecule has 0 spiro atoms. The van der Waals surface area contributed by atoms with E-state index in [4.69, 9.17) is 5.73 Å². The molecule has 6 nitrogen and oxygen atoms in total. The van der Waals surface area contributed by atoms with Crippen LogP contribution in [0.25, 0.3) is 0 Å². The molecule has 2 rings (SSSR count). The van der Waals surface area contributed by atoms with E-state index in [0.29, 0.717) is 0 Å². The Labute approximate surface area is 110 Å². The predicted molar refractivity (Wildman–Crippen MR) is 67.7 cm³/mol. The number of carbonyl (C=O) groups is 3. The Hall–Kier alpha value is -2.37. The summed E-state index contributed by atoms with van der Waals surface area (Å²) < 4.78 is 0. The molecule has 100 valence electrons. The number of nitrogens with two attached hydrogens (primary N) is 1. The smallest absolute Gasteiger partial charge is 0.247 e. The molecule has 19 heavy (non-hydrogen) atoms. The van der Waals surface area contributed by atoms with Gasteiger partial charge in [-0.1, -0.05) is 30.3 Å². The van der Waals surface area contributed by atoms with E-state index < -0.39 is 18.0 Å². The van der Waals surface area contributed by atoms with Gasteiger partial charge in [-0.25, -0.2) is 0 Å². The van der Waals surface area contributed by atoms with Crippen LogP contribution in [0, 0.1) is 0 Å². The first kappa shape index (κ1) is 13.1. The number of primary amides is 1. The van der Waals surface area contributed by atoms with Crippen molar-refractivity contribution < 1.29 is 14.4 Å². The third kappa shape index (κ3) is 3.09. The van der Waals surface area contributed by atoms with Gasteiger partial charge in [0.1, 0.15) is 12.1 Å². The monoisotopic (exact) mass is 261 g/mol. The van der Waals surface area contributed by atoms with E-state index in [1.165, 1.54) is 0 Å². The van der Waals surface area contributed by atoms with Gasteiger partial charge in [0.05, 0.1) is 0 Å². The molecule has 0 aromatic heterocycles. The van der Waals surface area contributed by atoms with Gasteiger partial charge in [0.15, 0.2) is 0 Å². The molecule has 1 aliphatic heterocycles. The number of hydrogen-bond acceptors (Lipinski definition) is 3. The van der Waals surface area contributed by atoms with E-state index in [0.717, 1.165) is 5.56 Å². The highest BCUT2D eigenvalue weighted by molar-refractivity contribution is 5.97. The molecule has 0 aliphatic carbocycles. The minimum Gasteiger partial charge on any atom is -0.370 e. The summed E-state index contributed by atoms with van der Waals surface area (Å²) in [7, 11) is 0. The van der Waals surface area contributed by atoms with Crippen molar-refractivity contribution in [3.05, 3.63) is 35.9 Å². The molecule has 0 saturated carbocycles. The normalized spacial score (nSPS) is 22.5. The molecule has 1 saturated heterocycles. The summed E-state index contributed by atoms with van der Waals surface area (Å²) >= 11 is 0. The van der Waals surface area contributed by atoms with Gasteiger partial charge in [-0.3, -0.25) is 14.4 Å².